The summed E-state index contributed by atoms with van der Waals surface area (Å²) in [5.41, 5.74) is 0.0751. The van der Waals surface area contributed by atoms with Crippen molar-refractivity contribution in [1.29, 1.82) is 0 Å². The Labute approximate surface area is 205 Å². The zero-order valence-electron chi connectivity index (χ0n) is 16.9. The number of allylic oxidation sites excluding steroid dienone is 3. The second kappa shape index (κ2) is 9.28. The first-order valence-corrected chi connectivity index (χ1v) is 11.2. The van der Waals surface area contributed by atoms with Crippen molar-refractivity contribution in [1.82, 2.24) is 4.90 Å². The second-order valence-corrected chi connectivity index (χ2v) is 9.24. The van der Waals surface area contributed by atoms with Crippen LogP contribution in [0.1, 0.15) is 17.7 Å². The van der Waals surface area contributed by atoms with Gasteiger partial charge in [0.25, 0.3) is 5.91 Å². The van der Waals surface area contributed by atoms with Crippen molar-refractivity contribution in [3.8, 4) is 11.3 Å². The van der Waals surface area contributed by atoms with Crippen molar-refractivity contribution in [2.75, 3.05) is 0 Å². The number of halogens is 4. The Morgan fingerprint density at radius 3 is 2.65 bits per heavy atom. The molecule has 0 bridgehead atoms. The maximum atomic E-state index is 13.1. The summed E-state index contributed by atoms with van der Waals surface area (Å²) < 4.78 is 45.1. The van der Waals surface area contributed by atoms with Gasteiger partial charge in [0, 0.05) is 17.8 Å². The number of hydrogen-bond donors (Lipinski definition) is 1. The molecule has 2 heterocycles. The van der Waals surface area contributed by atoms with Crippen molar-refractivity contribution in [2.24, 2.45) is 0 Å². The average Bonchev–Trinajstić information content (AvgIpc) is 3.34. The smallest absolute Gasteiger partial charge is 0.416 e. The first kappa shape index (κ1) is 24.1. The molecule has 5 nitrogen and oxygen atoms in total. The molecule has 0 atom stereocenters. The van der Waals surface area contributed by atoms with Crippen LogP contribution in [0, 0.1) is 0 Å². The van der Waals surface area contributed by atoms with E-state index in [1.165, 1.54) is 35.3 Å². The van der Waals surface area contributed by atoms with Gasteiger partial charge in [-0.2, -0.15) is 13.2 Å². The Hall–Kier alpha value is -3.08. The van der Waals surface area contributed by atoms with Crippen LogP contribution >= 0.6 is 35.6 Å². The normalized spacial score (nSPS) is 18.8. The molecule has 0 spiro atoms. The molecule has 4 rings (SSSR count). The van der Waals surface area contributed by atoms with Crippen molar-refractivity contribution >= 4 is 57.9 Å². The molecule has 1 amide bonds. The minimum atomic E-state index is -4.53. The molecule has 1 fully saturated rings. The number of carboxylic acids is 1. The molecule has 1 aliphatic heterocycles. The topological polar surface area (TPSA) is 70.8 Å². The van der Waals surface area contributed by atoms with E-state index in [0.29, 0.717) is 12.0 Å². The number of carbonyl (C=O) groups excluding carboxylic acids is 1. The largest absolute Gasteiger partial charge is 0.478 e. The Bertz CT molecular complexity index is 1340. The zero-order valence-corrected chi connectivity index (χ0v) is 19.3. The third-order valence-corrected chi connectivity index (χ3v) is 6.52. The van der Waals surface area contributed by atoms with Crippen LogP contribution in [-0.4, -0.2) is 26.2 Å². The van der Waals surface area contributed by atoms with Gasteiger partial charge in [-0.1, -0.05) is 47.7 Å². The molecule has 1 aromatic carbocycles. The van der Waals surface area contributed by atoms with Crippen LogP contribution in [-0.2, 0) is 15.8 Å². The summed E-state index contributed by atoms with van der Waals surface area (Å²) in [7, 11) is 0. The number of thiocarbonyl (C=S) groups is 1. The van der Waals surface area contributed by atoms with Gasteiger partial charge in [-0.3, -0.25) is 9.69 Å². The lowest BCUT2D eigenvalue weighted by molar-refractivity contribution is -0.137. The Morgan fingerprint density at radius 2 is 2.00 bits per heavy atom. The number of hydrogen-bond acceptors (Lipinski definition) is 5. The van der Waals surface area contributed by atoms with E-state index < -0.39 is 23.6 Å². The molecule has 0 unspecified atom stereocenters. The third kappa shape index (κ3) is 5.03. The number of carboxylic acid groups (broad SMARTS) is 1. The summed E-state index contributed by atoms with van der Waals surface area (Å²) in [6.45, 7) is 0. The van der Waals surface area contributed by atoms with Gasteiger partial charge in [-0.05, 0) is 48.4 Å². The SMILES string of the molecule is O=C(O)C1=CCC(=CN2C(=O)C(=Cc3ccc(-c4cc(C(F)(F)F)ccc4Cl)o3)SC2=S)C=C1. The number of nitrogens with zero attached hydrogens (tertiary/aromatic N) is 1. The van der Waals surface area contributed by atoms with Crippen LogP contribution in [0.15, 0.2) is 75.2 Å². The number of furan rings is 1. The monoisotopic (exact) mass is 523 g/mol. The molecule has 2 aromatic rings. The molecule has 174 valence electrons. The summed E-state index contributed by atoms with van der Waals surface area (Å²) >= 11 is 12.4. The van der Waals surface area contributed by atoms with Crippen LogP contribution in [0.5, 0.6) is 0 Å². The van der Waals surface area contributed by atoms with Gasteiger partial charge < -0.3 is 9.52 Å². The maximum absolute atomic E-state index is 13.1. The minimum absolute atomic E-state index is 0.0753. The third-order valence-electron chi connectivity index (χ3n) is 4.86. The van der Waals surface area contributed by atoms with E-state index in [1.807, 2.05) is 0 Å². The van der Waals surface area contributed by atoms with E-state index in [2.05, 4.69) is 0 Å². The number of carbonyl (C=O) groups is 2. The van der Waals surface area contributed by atoms with Gasteiger partial charge in [-0.15, -0.1) is 0 Å². The quantitative estimate of drug-likeness (QED) is 0.356. The van der Waals surface area contributed by atoms with Gasteiger partial charge in [0.1, 0.15) is 11.5 Å². The minimum Gasteiger partial charge on any atom is -0.478 e. The average molecular weight is 524 g/mol. The van der Waals surface area contributed by atoms with E-state index >= 15 is 0 Å². The number of aliphatic carboxylic acids is 1. The highest BCUT2D eigenvalue weighted by Crippen LogP contribution is 2.38. The van der Waals surface area contributed by atoms with Crippen LogP contribution in [0.3, 0.4) is 0 Å². The van der Waals surface area contributed by atoms with Gasteiger partial charge in [0.2, 0.25) is 0 Å². The maximum Gasteiger partial charge on any atom is 0.416 e. The van der Waals surface area contributed by atoms with Crippen LogP contribution in [0.2, 0.25) is 5.02 Å². The van der Waals surface area contributed by atoms with Gasteiger partial charge in [0.05, 0.1) is 21.1 Å². The van der Waals surface area contributed by atoms with Crippen LogP contribution in [0.4, 0.5) is 13.2 Å². The van der Waals surface area contributed by atoms with Crippen LogP contribution < -0.4 is 0 Å². The second-order valence-electron chi connectivity index (χ2n) is 7.15. The summed E-state index contributed by atoms with van der Waals surface area (Å²) in [6.07, 6.45) is 3.36. The Morgan fingerprint density at radius 1 is 1.24 bits per heavy atom. The number of rotatable bonds is 4. The van der Waals surface area contributed by atoms with E-state index in [9.17, 15) is 22.8 Å². The van der Waals surface area contributed by atoms with Crippen molar-refractivity contribution in [2.45, 2.75) is 12.6 Å². The van der Waals surface area contributed by atoms with E-state index in [0.717, 1.165) is 30.0 Å². The lowest BCUT2D eigenvalue weighted by Crippen LogP contribution is -2.22. The lowest BCUT2D eigenvalue weighted by Gasteiger charge is -2.12. The molecule has 1 saturated heterocycles. The molecule has 0 radical (unpaired) electrons. The fourth-order valence-corrected chi connectivity index (χ4v) is 4.57. The summed E-state index contributed by atoms with van der Waals surface area (Å²) in [5.74, 6) is -1.08. The molecule has 1 aromatic heterocycles. The summed E-state index contributed by atoms with van der Waals surface area (Å²) in [5, 5.41) is 9.10. The highest BCUT2D eigenvalue weighted by atomic mass is 35.5. The van der Waals surface area contributed by atoms with Crippen molar-refractivity contribution in [3.63, 3.8) is 0 Å². The molecule has 1 N–H and O–H groups in total. The molecule has 0 saturated carbocycles. The number of thioether (sulfide) groups is 1. The zero-order chi connectivity index (χ0) is 24.6. The standard InChI is InChI=1S/C23H13ClF3NO4S2/c24-17-7-5-14(23(25,26)27)9-16(17)18-8-6-15(32-18)10-19-20(29)28(22(33)34-19)11-12-1-3-13(4-2-12)21(30)31/h1,3-11H,2H2,(H,30,31). The first-order chi connectivity index (χ1) is 16.0. The Balaban J connectivity index is 1.55. The predicted octanol–water partition coefficient (Wildman–Crippen LogP) is 6.67. The van der Waals surface area contributed by atoms with Crippen molar-refractivity contribution in [3.05, 3.63) is 87.2 Å². The molecular weight excluding hydrogens is 511 g/mol. The summed E-state index contributed by atoms with van der Waals surface area (Å²) in [6, 6.07) is 5.91. The molecular formula is C23H13ClF3NO4S2. The molecule has 34 heavy (non-hydrogen) atoms. The van der Waals surface area contributed by atoms with Crippen LogP contribution in [0.25, 0.3) is 17.4 Å². The van der Waals surface area contributed by atoms with E-state index in [-0.39, 0.29) is 36.9 Å². The fraction of sp³-hybridized carbons (Fsp3) is 0.0870. The fourth-order valence-electron chi connectivity index (χ4n) is 3.17. The first-order valence-electron chi connectivity index (χ1n) is 9.59. The summed E-state index contributed by atoms with van der Waals surface area (Å²) in [4.78, 5) is 25.4. The van der Waals surface area contributed by atoms with Crippen molar-refractivity contribution < 1.29 is 32.3 Å². The highest BCUT2D eigenvalue weighted by molar-refractivity contribution is 8.26. The Kier molecular flexibility index (Phi) is 6.57. The predicted molar refractivity (Wildman–Crippen MR) is 127 cm³/mol. The molecule has 11 heteroatoms. The van der Waals surface area contributed by atoms with Gasteiger partial charge in [-0.25, -0.2) is 4.79 Å². The van der Waals surface area contributed by atoms with E-state index in [4.69, 9.17) is 33.3 Å². The highest BCUT2D eigenvalue weighted by Gasteiger charge is 2.32. The lowest BCUT2D eigenvalue weighted by atomic mass is 10.0. The number of alkyl halides is 3. The number of benzene rings is 1. The molecule has 2 aliphatic rings. The molecule has 1 aliphatic carbocycles. The van der Waals surface area contributed by atoms with Gasteiger partial charge in [0.15, 0.2) is 4.32 Å². The van der Waals surface area contributed by atoms with E-state index in [1.54, 1.807) is 12.3 Å². The number of amides is 1. The van der Waals surface area contributed by atoms with Gasteiger partial charge >= 0.3 is 12.1 Å².